The van der Waals surface area contributed by atoms with Crippen molar-refractivity contribution in [3.05, 3.63) is 50.3 Å². The maximum absolute atomic E-state index is 13.4. The second kappa shape index (κ2) is 5.56. The molecule has 1 N–H and O–H groups in total. The normalized spacial score (nSPS) is 10.6. The van der Waals surface area contributed by atoms with Crippen LogP contribution in [0.5, 0.6) is 0 Å². The number of hydrogen-bond donors (Lipinski definition) is 1. The molecule has 100 valence electrons. The van der Waals surface area contributed by atoms with Crippen molar-refractivity contribution < 1.29 is 13.2 Å². The molecule has 0 bridgehead atoms. The maximum atomic E-state index is 13.4. The van der Waals surface area contributed by atoms with Crippen LogP contribution in [0, 0.1) is 17.6 Å². The van der Waals surface area contributed by atoms with Crippen LogP contribution in [-0.2, 0) is 0 Å². The van der Waals surface area contributed by atoms with Gasteiger partial charge in [0, 0.05) is 10.5 Å². The number of nitrogens with one attached hydrogen (secondary N) is 1. The van der Waals surface area contributed by atoms with Gasteiger partial charge in [-0.1, -0.05) is 23.2 Å². The Hall–Kier alpha value is -0.980. The lowest BCUT2D eigenvalue weighted by atomic mass is 10.3. The van der Waals surface area contributed by atoms with Crippen molar-refractivity contribution in [2.75, 3.05) is 5.32 Å². The third-order valence-electron chi connectivity index (χ3n) is 2.17. The van der Waals surface area contributed by atoms with Crippen molar-refractivity contribution in [2.24, 2.45) is 0 Å². The summed E-state index contributed by atoms with van der Waals surface area (Å²) in [4.78, 5) is 3.12. The van der Waals surface area contributed by atoms with Gasteiger partial charge in [0.05, 0.1) is 15.7 Å². The molecule has 1 aromatic carbocycles. The fraction of sp³-hybridized carbons (Fsp3) is 0. The average molecular weight is 372 g/mol. The summed E-state index contributed by atoms with van der Waals surface area (Å²) < 4.78 is 39.6. The van der Waals surface area contributed by atoms with Gasteiger partial charge in [0.1, 0.15) is 0 Å². The highest BCUT2D eigenvalue weighted by atomic mass is 79.9. The summed E-state index contributed by atoms with van der Waals surface area (Å²) in [5.74, 6) is -4.32. The zero-order valence-electron chi connectivity index (χ0n) is 8.95. The van der Waals surface area contributed by atoms with E-state index >= 15 is 0 Å². The lowest BCUT2D eigenvalue weighted by Crippen LogP contribution is -2.02. The largest absolute Gasteiger partial charge is 0.336 e. The number of rotatable bonds is 2. The minimum atomic E-state index is -1.41. The van der Waals surface area contributed by atoms with E-state index in [0.29, 0.717) is 10.5 Å². The second-order valence-electron chi connectivity index (χ2n) is 3.44. The molecule has 0 atom stereocenters. The molecule has 1 heterocycles. The Bertz CT molecular complexity index is 652. The first-order valence-corrected chi connectivity index (χ1v) is 6.37. The Morgan fingerprint density at radius 3 is 2.42 bits per heavy atom. The van der Waals surface area contributed by atoms with Crippen molar-refractivity contribution in [1.82, 2.24) is 4.98 Å². The third-order valence-corrected chi connectivity index (χ3v) is 3.95. The summed E-state index contributed by atoms with van der Waals surface area (Å²) in [6.45, 7) is 0. The van der Waals surface area contributed by atoms with Gasteiger partial charge in [-0.25, -0.2) is 8.78 Å². The summed E-state index contributed by atoms with van der Waals surface area (Å²) in [6.07, 6.45) is 0. The molecule has 2 nitrogen and oxygen atoms in total. The molecule has 0 fully saturated rings. The quantitative estimate of drug-likeness (QED) is 0.571. The highest BCUT2D eigenvalue weighted by molar-refractivity contribution is 9.10. The van der Waals surface area contributed by atoms with Crippen LogP contribution >= 0.6 is 39.1 Å². The van der Waals surface area contributed by atoms with Gasteiger partial charge in [-0.05, 0) is 28.1 Å². The summed E-state index contributed by atoms with van der Waals surface area (Å²) in [5.41, 5.74) is 0.215. The van der Waals surface area contributed by atoms with Crippen LogP contribution in [0.3, 0.4) is 0 Å². The van der Waals surface area contributed by atoms with Crippen molar-refractivity contribution in [3.8, 4) is 0 Å². The lowest BCUT2D eigenvalue weighted by molar-refractivity contribution is 0.467. The van der Waals surface area contributed by atoms with E-state index < -0.39 is 23.4 Å². The molecular weight excluding hydrogens is 368 g/mol. The predicted octanol–water partition coefficient (Wildman–Crippen LogP) is 5.31. The summed E-state index contributed by atoms with van der Waals surface area (Å²) in [6, 6.07) is 3.44. The van der Waals surface area contributed by atoms with Gasteiger partial charge in [-0.3, -0.25) is 0 Å². The van der Waals surface area contributed by atoms with Gasteiger partial charge in [0.2, 0.25) is 0 Å². The minimum absolute atomic E-state index is 0.0991. The molecule has 0 saturated carbocycles. The highest BCUT2D eigenvalue weighted by Crippen LogP contribution is 2.37. The van der Waals surface area contributed by atoms with E-state index in [2.05, 4.69) is 26.2 Å². The van der Waals surface area contributed by atoms with E-state index in [1.165, 1.54) is 6.07 Å². The SMILES string of the molecule is Fc1cc(F)c(Nc2ccc(Br)c(Cl)c2Cl)nc1F. The van der Waals surface area contributed by atoms with E-state index in [4.69, 9.17) is 23.2 Å². The Kier molecular flexibility index (Phi) is 4.23. The lowest BCUT2D eigenvalue weighted by Gasteiger charge is -2.10. The van der Waals surface area contributed by atoms with Gasteiger partial charge in [-0.15, -0.1) is 0 Å². The van der Waals surface area contributed by atoms with Crippen molar-refractivity contribution in [1.29, 1.82) is 0 Å². The van der Waals surface area contributed by atoms with Crippen LogP contribution in [-0.4, -0.2) is 4.98 Å². The van der Waals surface area contributed by atoms with Crippen LogP contribution in [0.2, 0.25) is 10.0 Å². The fourth-order valence-electron chi connectivity index (χ4n) is 1.28. The molecule has 0 aliphatic rings. The summed E-state index contributed by atoms with van der Waals surface area (Å²) >= 11 is 15.0. The van der Waals surface area contributed by atoms with E-state index in [9.17, 15) is 13.2 Å². The molecule has 0 aliphatic carbocycles. The molecule has 8 heteroatoms. The van der Waals surface area contributed by atoms with Gasteiger partial charge < -0.3 is 5.32 Å². The van der Waals surface area contributed by atoms with Crippen molar-refractivity contribution in [2.45, 2.75) is 0 Å². The van der Waals surface area contributed by atoms with E-state index in [-0.39, 0.29) is 15.7 Å². The number of benzene rings is 1. The van der Waals surface area contributed by atoms with Crippen LogP contribution in [0.25, 0.3) is 0 Å². The van der Waals surface area contributed by atoms with Crippen LogP contribution in [0.4, 0.5) is 24.7 Å². The van der Waals surface area contributed by atoms with Crippen LogP contribution in [0.1, 0.15) is 0 Å². The zero-order valence-corrected chi connectivity index (χ0v) is 12.0. The van der Waals surface area contributed by atoms with Gasteiger partial charge in [0.15, 0.2) is 17.5 Å². The smallest absolute Gasteiger partial charge is 0.251 e. The predicted molar refractivity (Wildman–Crippen MR) is 71.6 cm³/mol. The summed E-state index contributed by atoms with van der Waals surface area (Å²) in [7, 11) is 0. The first kappa shape index (κ1) is 14.4. The highest BCUT2D eigenvalue weighted by Gasteiger charge is 2.14. The second-order valence-corrected chi connectivity index (χ2v) is 5.05. The molecule has 19 heavy (non-hydrogen) atoms. The number of halogens is 6. The molecular formula is C11H4BrCl2F3N2. The van der Waals surface area contributed by atoms with Gasteiger partial charge in [0.25, 0.3) is 5.95 Å². The number of nitrogens with zero attached hydrogens (tertiary/aromatic N) is 1. The Morgan fingerprint density at radius 2 is 1.74 bits per heavy atom. The van der Waals surface area contributed by atoms with Gasteiger partial charge in [-0.2, -0.15) is 9.37 Å². The van der Waals surface area contributed by atoms with Crippen LogP contribution in [0.15, 0.2) is 22.7 Å². The molecule has 0 saturated heterocycles. The van der Waals surface area contributed by atoms with Crippen molar-refractivity contribution >= 4 is 50.6 Å². The molecule has 0 spiro atoms. The standard InChI is InChI=1S/C11H4BrCl2F3N2/c12-4-1-2-7(9(14)8(4)13)18-11-6(16)3-5(15)10(17)19-11/h1-3H,(H,18,19). The molecule has 2 aromatic rings. The van der Waals surface area contributed by atoms with E-state index in [1.54, 1.807) is 6.07 Å². The zero-order chi connectivity index (χ0) is 14.2. The Labute approximate surface area is 124 Å². The molecule has 0 amide bonds. The molecule has 0 aliphatic heterocycles. The first-order chi connectivity index (χ1) is 8.90. The molecule has 1 aromatic heterocycles. The fourth-order valence-corrected chi connectivity index (χ4v) is 2.10. The maximum Gasteiger partial charge on any atom is 0.251 e. The number of anilines is 2. The third kappa shape index (κ3) is 2.96. The summed E-state index contributed by atoms with van der Waals surface area (Å²) in [5, 5.41) is 2.75. The van der Waals surface area contributed by atoms with Gasteiger partial charge >= 0.3 is 0 Å². The molecule has 0 radical (unpaired) electrons. The van der Waals surface area contributed by atoms with Crippen LogP contribution < -0.4 is 5.32 Å². The van der Waals surface area contributed by atoms with Crippen molar-refractivity contribution in [3.63, 3.8) is 0 Å². The Balaban J connectivity index is 2.42. The number of pyridine rings is 1. The first-order valence-electron chi connectivity index (χ1n) is 4.82. The average Bonchev–Trinajstić information content (AvgIpc) is 2.36. The monoisotopic (exact) mass is 370 g/mol. The molecule has 0 unspecified atom stereocenters. The topological polar surface area (TPSA) is 24.9 Å². The number of hydrogen-bond acceptors (Lipinski definition) is 2. The minimum Gasteiger partial charge on any atom is -0.336 e. The van der Waals surface area contributed by atoms with E-state index in [1.807, 2.05) is 0 Å². The number of aromatic nitrogens is 1. The van der Waals surface area contributed by atoms with E-state index in [0.717, 1.165) is 0 Å². The Morgan fingerprint density at radius 1 is 1.05 bits per heavy atom. The molecule has 2 rings (SSSR count).